The zero-order valence-electron chi connectivity index (χ0n) is 14.7. The van der Waals surface area contributed by atoms with Crippen LogP contribution in [0.3, 0.4) is 0 Å². The van der Waals surface area contributed by atoms with Gasteiger partial charge in [0.05, 0.1) is 11.6 Å². The molecule has 1 aromatic heterocycles. The maximum absolute atomic E-state index is 12.5. The molecule has 0 saturated carbocycles. The van der Waals surface area contributed by atoms with Crippen molar-refractivity contribution in [3.05, 3.63) is 29.0 Å². The average molecular weight is 366 g/mol. The zero-order chi connectivity index (χ0) is 18.0. The molecule has 0 bridgehead atoms. The third kappa shape index (κ3) is 3.73. The van der Waals surface area contributed by atoms with Gasteiger partial charge >= 0.3 is 6.09 Å². The molecule has 6 nitrogen and oxygen atoms in total. The number of hydrogen-bond acceptors (Lipinski definition) is 4. The van der Waals surface area contributed by atoms with Crippen LogP contribution in [0, 0.1) is 0 Å². The number of pyridine rings is 1. The first-order valence-electron chi connectivity index (χ1n) is 8.84. The Morgan fingerprint density at radius 2 is 2.12 bits per heavy atom. The molecule has 2 amide bonds. The quantitative estimate of drug-likeness (QED) is 0.820. The lowest BCUT2D eigenvalue weighted by Crippen LogP contribution is -2.49. The highest BCUT2D eigenvalue weighted by Crippen LogP contribution is 2.35. The summed E-state index contributed by atoms with van der Waals surface area (Å²) in [6.07, 6.45) is 4.58. The van der Waals surface area contributed by atoms with Crippen molar-refractivity contribution < 1.29 is 14.3 Å². The Morgan fingerprint density at radius 3 is 2.72 bits per heavy atom. The van der Waals surface area contributed by atoms with E-state index in [0.717, 1.165) is 12.8 Å². The summed E-state index contributed by atoms with van der Waals surface area (Å²) >= 11 is 5.82. The topological polar surface area (TPSA) is 62.7 Å². The van der Waals surface area contributed by atoms with E-state index in [1.54, 1.807) is 17.0 Å². The van der Waals surface area contributed by atoms with Crippen molar-refractivity contribution >= 4 is 23.6 Å². The summed E-state index contributed by atoms with van der Waals surface area (Å²) in [6.45, 7) is 5.92. The van der Waals surface area contributed by atoms with E-state index in [1.807, 2.05) is 4.90 Å². The van der Waals surface area contributed by atoms with Gasteiger partial charge in [-0.1, -0.05) is 24.9 Å². The molecule has 2 fully saturated rings. The zero-order valence-corrected chi connectivity index (χ0v) is 15.5. The highest BCUT2D eigenvalue weighted by molar-refractivity contribution is 6.30. The highest BCUT2D eigenvalue weighted by Gasteiger charge is 2.48. The minimum Gasteiger partial charge on any atom is -0.441 e. The molecule has 1 spiro atoms. The van der Waals surface area contributed by atoms with Gasteiger partial charge in [0.2, 0.25) is 0 Å². The van der Waals surface area contributed by atoms with Crippen molar-refractivity contribution in [2.24, 2.45) is 0 Å². The van der Waals surface area contributed by atoms with Crippen LogP contribution in [0.4, 0.5) is 4.79 Å². The SMILES string of the molecule is CCC[C@H](C)N1CC2(CCN(C(=O)c3ccc(Cl)cn3)CC2)OC1=O. The largest absolute Gasteiger partial charge is 0.441 e. The lowest BCUT2D eigenvalue weighted by molar-refractivity contribution is 0.00290. The molecule has 1 aromatic rings. The standard InChI is InChI=1S/C18H24ClN3O3/c1-3-4-13(2)22-12-18(25-17(22)24)7-9-21(10-8-18)16(23)15-6-5-14(19)11-20-15/h5-6,11,13H,3-4,7-10,12H2,1-2H3/t13-/m0/s1. The van der Waals surface area contributed by atoms with E-state index in [2.05, 4.69) is 18.8 Å². The van der Waals surface area contributed by atoms with Gasteiger partial charge in [0, 0.05) is 38.2 Å². The number of amides is 2. The van der Waals surface area contributed by atoms with E-state index < -0.39 is 5.60 Å². The van der Waals surface area contributed by atoms with Crippen molar-refractivity contribution in [2.45, 2.75) is 51.2 Å². The summed E-state index contributed by atoms with van der Waals surface area (Å²) < 4.78 is 5.74. The first-order valence-corrected chi connectivity index (χ1v) is 9.22. The third-order valence-electron chi connectivity index (χ3n) is 5.14. The molecule has 0 unspecified atom stereocenters. The van der Waals surface area contributed by atoms with Crippen LogP contribution in [0.2, 0.25) is 5.02 Å². The lowest BCUT2D eigenvalue weighted by atomic mass is 9.90. The second-order valence-corrected chi connectivity index (χ2v) is 7.41. The van der Waals surface area contributed by atoms with Crippen LogP contribution in [-0.4, -0.2) is 58.1 Å². The summed E-state index contributed by atoms with van der Waals surface area (Å²) in [5, 5.41) is 0.508. The molecule has 25 heavy (non-hydrogen) atoms. The van der Waals surface area contributed by atoms with Gasteiger partial charge < -0.3 is 14.5 Å². The van der Waals surface area contributed by atoms with Gasteiger partial charge in [0.25, 0.3) is 5.91 Å². The number of carbonyl (C=O) groups excluding carboxylic acids is 2. The van der Waals surface area contributed by atoms with E-state index in [1.165, 1.54) is 6.20 Å². The molecule has 7 heteroatoms. The molecule has 1 atom stereocenters. The van der Waals surface area contributed by atoms with Crippen LogP contribution in [0.15, 0.2) is 18.3 Å². The van der Waals surface area contributed by atoms with Gasteiger partial charge in [0.15, 0.2) is 0 Å². The molecular weight excluding hydrogens is 342 g/mol. The predicted octanol–water partition coefficient (Wildman–Crippen LogP) is 3.35. The van der Waals surface area contributed by atoms with Gasteiger partial charge in [-0.3, -0.25) is 4.79 Å². The fraction of sp³-hybridized carbons (Fsp3) is 0.611. The van der Waals surface area contributed by atoms with Gasteiger partial charge in [-0.15, -0.1) is 0 Å². The van der Waals surface area contributed by atoms with Gasteiger partial charge in [-0.25, -0.2) is 9.78 Å². The number of carbonyl (C=O) groups is 2. The summed E-state index contributed by atoms with van der Waals surface area (Å²) in [5.74, 6) is -0.105. The Hall–Kier alpha value is -1.82. The summed E-state index contributed by atoms with van der Waals surface area (Å²) in [7, 11) is 0. The molecule has 2 aliphatic rings. The first kappa shape index (κ1) is 18.0. The lowest BCUT2D eigenvalue weighted by Gasteiger charge is -2.37. The van der Waals surface area contributed by atoms with Crippen molar-refractivity contribution in [3.63, 3.8) is 0 Å². The molecule has 0 aliphatic carbocycles. The van der Waals surface area contributed by atoms with Crippen molar-refractivity contribution in [3.8, 4) is 0 Å². The maximum atomic E-state index is 12.5. The summed E-state index contributed by atoms with van der Waals surface area (Å²) in [6, 6.07) is 3.49. The van der Waals surface area contributed by atoms with E-state index >= 15 is 0 Å². The fourth-order valence-electron chi connectivity index (χ4n) is 3.60. The normalized spacial score (nSPS) is 20.7. The van der Waals surface area contributed by atoms with Gasteiger partial charge in [0.1, 0.15) is 11.3 Å². The predicted molar refractivity (Wildman–Crippen MR) is 94.7 cm³/mol. The minimum absolute atomic E-state index is 0.105. The minimum atomic E-state index is -0.455. The molecule has 0 aromatic carbocycles. The van der Waals surface area contributed by atoms with Crippen LogP contribution in [0.5, 0.6) is 0 Å². The number of piperidine rings is 1. The molecule has 0 radical (unpaired) electrons. The highest BCUT2D eigenvalue weighted by atomic mass is 35.5. The number of halogens is 1. The number of nitrogens with zero attached hydrogens (tertiary/aromatic N) is 3. The van der Waals surface area contributed by atoms with Crippen molar-refractivity contribution in [1.29, 1.82) is 0 Å². The number of hydrogen-bond donors (Lipinski definition) is 0. The number of aromatic nitrogens is 1. The molecule has 3 rings (SSSR count). The Labute approximate surface area is 153 Å². The van der Waals surface area contributed by atoms with Gasteiger partial charge in [-0.2, -0.15) is 0 Å². The Balaban J connectivity index is 1.61. The second kappa shape index (κ2) is 7.20. The molecule has 136 valence electrons. The Bertz CT molecular complexity index is 641. The maximum Gasteiger partial charge on any atom is 0.410 e. The van der Waals surface area contributed by atoms with Crippen molar-refractivity contribution in [1.82, 2.24) is 14.8 Å². The second-order valence-electron chi connectivity index (χ2n) is 6.97. The Kier molecular flexibility index (Phi) is 5.18. The van der Waals surface area contributed by atoms with E-state index in [-0.39, 0.29) is 18.0 Å². The fourth-order valence-corrected chi connectivity index (χ4v) is 3.71. The third-order valence-corrected chi connectivity index (χ3v) is 5.37. The molecule has 0 N–H and O–H groups in total. The van der Waals surface area contributed by atoms with Gasteiger partial charge in [-0.05, 0) is 25.5 Å². The van der Waals surface area contributed by atoms with E-state index in [9.17, 15) is 9.59 Å². The van der Waals surface area contributed by atoms with E-state index in [0.29, 0.717) is 43.2 Å². The van der Waals surface area contributed by atoms with Crippen LogP contribution >= 0.6 is 11.6 Å². The van der Waals surface area contributed by atoms with Crippen LogP contribution in [-0.2, 0) is 4.74 Å². The monoisotopic (exact) mass is 365 g/mol. The van der Waals surface area contributed by atoms with Crippen LogP contribution < -0.4 is 0 Å². The first-order chi connectivity index (χ1) is 11.9. The van der Waals surface area contributed by atoms with Crippen molar-refractivity contribution in [2.75, 3.05) is 19.6 Å². The number of ether oxygens (including phenoxy) is 1. The van der Waals surface area contributed by atoms with Crippen LogP contribution in [0.1, 0.15) is 50.0 Å². The number of rotatable bonds is 4. The molecule has 2 aliphatic heterocycles. The smallest absolute Gasteiger partial charge is 0.410 e. The summed E-state index contributed by atoms with van der Waals surface area (Å²) in [4.78, 5) is 32.5. The average Bonchev–Trinajstić information content (AvgIpc) is 2.92. The van der Waals surface area contributed by atoms with E-state index in [4.69, 9.17) is 16.3 Å². The Morgan fingerprint density at radius 1 is 1.40 bits per heavy atom. The molecule has 2 saturated heterocycles. The molecule has 3 heterocycles. The molecular formula is C18H24ClN3O3. The van der Waals surface area contributed by atoms with Crippen LogP contribution in [0.25, 0.3) is 0 Å². The number of likely N-dealkylation sites (tertiary alicyclic amines) is 1. The summed E-state index contributed by atoms with van der Waals surface area (Å²) in [5.41, 5.74) is -0.0644.